The average molecular weight is 146 g/mol. The minimum Gasteiger partial charge on any atom is -0.181 e. The summed E-state index contributed by atoms with van der Waals surface area (Å²) in [7, 11) is 0. The van der Waals surface area contributed by atoms with Gasteiger partial charge >= 0.3 is 0 Å². The van der Waals surface area contributed by atoms with Crippen LogP contribution >= 0.6 is 12.3 Å². The maximum Gasteiger partial charge on any atom is 0.187 e. The number of hydrogen-bond acceptors (Lipinski definition) is 2. The van der Waals surface area contributed by atoms with Crippen molar-refractivity contribution in [2.24, 2.45) is 0 Å². The molecule has 50 valence electrons. The Morgan fingerprint density at radius 2 is 2.33 bits per heavy atom. The third kappa shape index (κ3) is 1.08. The molecule has 0 atom stereocenters. The van der Waals surface area contributed by atoms with Gasteiger partial charge in [-0.05, 0) is 19.4 Å². The van der Waals surface area contributed by atoms with Gasteiger partial charge in [0, 0.05) is 0 Å². The van der Waals surface area contributed by atoms with Crippen LogP contribution in [0.1, 0.15) is 11.3 Å². The number of nitrogens with zero attached hydrogens (tertiary/aromatic N) is 2. The quantitative estimate of drug-likeness (QED) is 0.602. The van der Waals surface area contributed by atoms with Gasteiger partial charge in [-0.2, -0.15) is 9.19 Å². The number of aromatic nitrogens is 2. The summed E-state index contributed by atoms with van der Waals surface area (Å²) in [5.74, 6) is 0. The van der Waals surface area contributed by atoms with Crippen LogP contribution in [0, 0.1) is 13.8 Å². The lowest BCUT2D eigenvalue weighted by Gasteiger charge is -1.91. The van der Waals surface area contributed by atoms with Crippen LogP contribution in [0.3, 0.4) is 0 Å². The van der Waals surface area contributed by atoms with E-state index in [4.69, 9.17) is 0 Å². The number of rotatable bonds is 1. The fourth-order valence-electron chi connectivity index (χ4n) is 0.539. The van der Waals surface area contributed by atoms with Gasteiger partial charge in [0.15, 0.2) is 12.3 Å². The van der Waals surface area contributed by atoms with E-state index in [2.05, 4.69) is 5.10 Å². The summed E-state index contributed by atoms with van der Waals surface area (Å²) in [4.78, 5) is 0. The Hall–Kier alpha value is -0.510. The third-order valence-corrected chi connectivity index (χ3v) is 1.78. The molecule has 1 rings (SSSR count). The molecule has 0 saturated heterocycles. The van der Waals surface area contributed by atoms with Crippen molar-refractivity contribution in [3.8, 4) is 0 Å². The van der Waals surface area contributed by atoms with Gasteiger partial charge in [0.1, 0.15) is 0 Å². The molecule has 1 aromatic heterocycles. The molecule has 0 spiro atoms. The van der Waals surface area contributed by atoms with Crippen molar-refractivity contribution < 1.29 is 3.89 Å². The summed E-state index contributed by atoms with van der Waals surface area (Å²) < 4.78 is 13.1. The lowest BCUT2D eigenvalue weighted by atomic mass is 10.3. The Morgan fingerprint density at radius 3 is 2.56 bits per heavy atom. The standard InChI is InChI=1S/C5H7FN2S/c1-4-3-7-8(9-6)5(4)2/h3H,1-2H3. The minimum atomic E-state index is 0.122. The molecular weight excluding hydrogens is 139 g/mol. The third-order valence-electron chi connectivity index (χ3n) is 1.28. The summed E-state index contributed by atoms with van der Waals surface area (Å²) in [6.45, 7) is 3.73. The van der Waals surface area contributed by atoms with Crippen LogP contribution < -0.4 is 0 Å². The molecule has 0 bridgehead atoms. The molecule has 0 aromatic carbocycles. The molecule has 0 radical (unpaired) electrons. The largest absolute Gasteiger partial charge is 0.187 e. The van der Waals surface area contributed by atoms with Crippen molar-refractivity contribution >= 4 is 12.3 Å². The predicted octanol–water partition coefficient (Wildman–Crippen LogP) is 1.88. The van der Waals surface area contributed by atoms with E-state index in [9.17, 15) is 3.89 Å². The Kier molecular flexibility index (Phi) is 1.75. The predicted molar refractivity (Wildman–Crippen MR) is 35.8 cm³/mol. The van der Waals surface area contributed by atoms with Crippen LogP contribution in [0.4, 0.5) is 3.89 Å². The Labute approximate surface area is 57.5 Å². The van der Waals surface area contributed by atoms with Crippen molar-refractivity contribution in [2.45, 2.75) is 13.8 Å². The zero-order chi connectivity index (χ0) is 6.85. The van der Waals surface area contributed by atoms with Crippen molar-refractivity contribution in [1.29, 1.82) is 0 Å². The van der Waals surface area contributed by atoms with Crippen LogP contribution in [0.2, 0.25) is 0 Å². The van der Waals surface area contributed by atoms with Crippen molar-refractivity contribution in [3.05, 3.63) is 17.5 Å². The molecule has 0 saturated carbocycles. The van der Waals surface area contributed by atoms with Crippen molar-refractivity contribution in [1.82, 2.24) is 9.19 Å². The molecule has 2 nitrogen and oxygen atoms in total. The molecule has 1 heterocycles. The number of aryl methyl sites for hydroxylation is 1. The van der Waals surface area contributed by atoms with Crippen LogP contribution in [-0.4, -0.2) is 9.19 Å². The molecule has 0 aliphatic heterocycles. The van der Waals surface area contributed by atoms with E-state index in [1.807, 2.05) is 13.8 Å². The zero-order valence-electron chi connectivity index (χ0n) is 5.26. The fourth-order valence-corrected chi connectivity index (χ4v) is 0.870. The van der Waals surface area contributed by atoms with E-state index in [0.717, 1.165) is 11.3 Å². The first kappa shape index (κ1) is 6.61. The molecule has 4 heteroatoms. The summed E-state index contributed by atoms with van der Waals surface area (Å²) in [5.41, 5.74) is 1.88. The molecule has 0 unspecified atom stereocenters. The first-order valence-electron chi connectivity index (χ1n) is 2.56. The van der Waals surface area contributed by atoms with Gasteiger partial charge in [-0.3, -0.25) is 0 Å². The van der Waals surface area contributed by atoms with Gasteiger partial charge in [-0.15, -0.1) is 3.89 Å². The highest BCUT2D eigenvalue weighted by molar-refractivity contribution is 7.92. The van der Waals surface area contributed by atoms with E-state index >= 15 is 0 Å². The van der Waals surface area contributed by atoms with Crippen molar-refractivity contribution in [3.63, 3.8) is 0 Å². The zero-order valence-corrected chi connectivity index (χ0v) is 6.07. The summed E-state index contributed by atoms with van der Waals surface area (Å²) >= 11 is 0.122. The molecule has 0 amide bonds. The minimum absolute atomic E-state index is 0.122. The van der Waals surface area contributed by atoms with Crippen LogP contribution in [0.25, 0.3) is 0 Å². The van der Waals surface area contributed by atoms with Gasteiger partial charge < -0.3 is 0 Å². The summed E-state index contributed by atoms with van der Waals surface area (Å²) in [6, 6.07) is 0. The van der Waals surface area contributed by atoms with Crippen LogP contribution in [0.15, 0.2) is 6.20 Å². The smallest absolute Gasteiger partial charge is 0.181 e. The normalized spacial score (nSPS) is 10.1. The fraction of sp³-hybridized carbons (Fsp3) is 0.400. The van der Waals surface area contributed by atoms with Crippen LogP contribution in [0.5, 0.6) is 0 Å². The lowest BCUT2D eigenvalue weighted by Crippen LogP contribution is -1.87. The molecule has 9 heavy (non-hydrogen) atoms. The maximum absolute atomic E-state index is 11.8. The average Bonchev–Trinajstić information content (AvgIpc) is 2.15. The summed E-state index contributed by atoms with van der Waals surface area (Å²) in [6.07, 6.45) is 1.64. The maximum atomic E-state index is 11.8. The highest BCUT2D eigenvalue weighted by Crippen LogP contribution is 2.12. The van der Waals surface area contributed by atoms with E-state index in [1.54, 1.807) is 6.20 Å². The highest BCUT2D eigenvalue weighted by Gasteiger charge is 2.00. The van der Waals surface area contributed by atoms with Crippen LogP contribution in [-0.2, 0) is 0 Å². The van der Waals surface area contributed by atoms with E-state index in [1.165, 1.54) is 4.09 Å². The second kappa shape index (κ2) is 2.39. The molecule has 0 N–H and O–H groups in total. The molecular formula is C5H7FN2S. The van der Waals surface area contributed by atoms with E-state index in [-0.39, 0.29) is 12.3 Å². The monoisotopic (exact) mass is 146 g/mol. The lowest BCUT2D eigenvalue weighted by molar-refractivity contribution is 0.863. The summed E-state index contributed by atoms with van der Waals surface area (Å²) in [5, 5.41) is 3.74. The van der Waals surface area contributed by atoms with Crippen molar-refractivity contribution in [2.75, 3.05) is 0 Å². The van der Waals surface area contributed by atoms with Gasteiger partial charge in [0.2, 0.25) is 0 Å². The van der Waals surface area contributed by atoms with Gasteiger partial charge in [-0.1, -0.05) is 0 Å². The van der Waals surface area contributed by atoms with E-state index in [0.29, 0.717) is 0 Å². The second-order valence-electron chi connectivity index (χ2n) is 1.85. The SMILES string of the molecule is Cc1cnn(SF)c1C. The van der Waals surface area contributed by atoms with Gasteiger partial charge in [-0.25, -0.2) is 0 Å². The Balaban J connectivity index is 3.04. The highest BCUT2D eigenvalue weighted by atomic mass is 32.2. The topological polar surface area (TPSA) is 17.8 Å². The molecule has 1 aromatic rings. The molecule has 0 aliphatic rings. The van der Waals surface area contributed by atoms with Gasteiger partial charge in [0.05, 0.1) is 11.9 Å². The Bertz CT molecular complexity index is 209. The van der Waals surface area contributed by atoms with Gasteiger partial charge in [0.25, 0.3) is 0 Å². The number of hydrogen-bond donors (Lipinski definition) is 0. The first-order valence-corrected chi connectivity index (χ1v) is 3.23. The van der Waals surface area contributed by atoms with E-state index < -0.39 is 0 Å². The molecule has 0 fully saturated rings. The number of halogens is 1. The Morgan fingerprint density at radius 1 is 1.67 bits per heavy atom. The molecule has 0 aliphatic carbocycles. The first-order chi connectivity index (χ1) is 4.25. The second-order valence-corrected chi connectivity index (χ2v) is 2.34.